The quantitative estimate of drug-likeness (QED) is 0.573. The highest BCUT2D eigenvalue weighted by Crippen LogP contribution is 2.37. The number of likely N-dealkylation sites (tertiary alicyclic amines) is 1. The third-order valence-electron chi connectivity index (χ3n) is 7.82. The Labute approximate surface area is 219 Å². The Bertz CT molecular complexity index is 1100. The number of ether oxygens (including phenoxy) is 1. The van der Waals surface area contributed by atoms with Crippen LogP contribution in [0.4, 0.5) is 4.79 Å². The largest absolute Gasteiger partial charge is 0.494 e. The average Bonchev–Trinajstić information content (AvgIpc) is 3.44. The summed E-state index contributed by atoms with van der Waals surface area (Å²) in [4.78, 5) is 35.4. The van der Waals surface area contributed by atoms with Crippen molar-refractivity contribution in [3.63, 3.8) is 0 Å². The third kappa shape index (κ3) is 5.55. The Balaban J connectivity index is 1.51. The van der Waals surface area contributed by atoms with Crippen LogP contribution >= 0.6 is 0 Å². The number of aromatic nitrogens is 2. The number of piperidine rings is 1. The fourth-order valence-corrected chi connectivity index (χ4v) is 4.80. The van der Waals surface area contributed by atoms with E-state index in [1.54, 1.807) is 0 Å². The summed E-state index contributed by atoms with van der Waals surface area (Å²) < 4.78 is 17.1. The first-order valence-corrected chi connectivity index (χ1v) is 13.1. The Kier molecular flexibility index (Phi) is 7.71. The second-order valence-corrected chi connectivity index (χ2v) is 11.3. The minimum absolute atomic E-state index is 0.0798. The van der Waals surface area contributed by atoms with Gasteiger partial charge < -0.3 is 29.2 Å². The van der Waals surface area contributed by atoms with Gasteiger partial charge in [0.2, 0.25) is 5.91 Å². The molecule has 0 spiro atoms. The van der Waals surface area contributed by atoms with E-state index in [4.69, 9.17) is 19.0 Å². The van der Waals surface area contributed by atoms with Crippen LogP contribution in [0.1, 0.15) is 72.7 Å². The topological polar surface area (TPSA) is 106 Å². The number of rotatable bonds is 6. The summed E-state index contributed by atoms with van der Waals surface area (Å²) in [7, 11) is 0.885. The van der Waals surface area contributed by atoms with Crippen LogP contribution in [0.2, 0.25) is 0 Å². The zero-order valence-electron chi connectivity index (χ0n) is 23.0. The Hall–Kier alpha value is -2.85. The van der Waals surface area contributed by atoms with Crippen LogP contribution in [-0.2, 0) is 18.8 Å². The number of alkyl carbamates (subject to hydrolysis) is 1. The molecule has 2 fully saturated rings. The lowest BCUT2D eigenvalue weighted by molar-refractivity contribution is -0.138. The maximum absolute atomic E-state index is 13.5. The molecule has 2 aliphatic heterocycles. The Morgan fingerprint density at radius 3 is 2.38 bits per heavy atom. The molecule has 1 aromatic heterocycles. The highest BCUT2D eigenvalue weighted by atomic mass is 16.7. The highest BCUT2D eigenvalue weighted by molar-refractivity contribution is 6.62. The standard InChI is InChI=1S/C27H39BN4O5/c1-17(2)22(31-25(34)35-7)24(33)32-15-9-8-10-21(32)23-29-16-20(30-23)18-11-13-19(14-12-18)28-36-26(3,4)27(5,6)37-28/h11-14,16-17,21-22H,8-10,15H2,1-7H3,(H,29,30)(H,31,34)/t21-,22?/m0/s1. The number of hydrogen-bond acceptors (Lipinski definition) is 6. The summed E-state index contributed by atoms with van der Waals surface area (Å²) in [5, 5.41) is 2.70. The molecule has 1 aromatic carbocycles. The molecule has 2 aromatic rings. The molecule has 2 atom stereocenters. The molecule has 1 unspecified atom stereocenters. The summed E-state index contributed by atoms with van der Waals surface area (Å²) in [6.45, 7) is 12.6. The summed E-state index contributed by atoms with van der Waals surface area (Å²) in [5.41, 5.74) is 1.94. The molecule has 2 amide bonds. The SMILES string of the molecule is COC(=O)NC(C(=O)N1CCCC[C@H]1c1nc(-c2ccc(B3OC(C)(C)C(C)(C)O3)cc2)c[nH]1)C(C)C. The molecule has 0 radical (unpaired) electrons. The van der Waals surface area contributed by atoms with Gasteiger partial charge in [0.25, 0.3) is 0 Å². The molecule has 37 heavy (non-hydrogen) atoms. The van der Waals surface area contributed by atoms with Crippen molar-refractivity contribution in [3.8, 4) is 11.3 Å². The number of aromatic amines is 1. The van der Waals surface area contributed by atoms with Crippen molar-refractivity contribution in [2.75, 3.05) is 13.7 Å². The van der Waals surface area contributed by atoms with Crippen molar-refractivity contribution in [3.05, 3.63) is 36.3 Å². The minimum Gasteiger partial charge on any atom is -0.453 e. The molecule has 2 aliphatic rings. The van der Waals surface area contributed by atoms with E-state index in [9.17, 15) is 9.59 Å². The number of H-pyrrole nitrogens is 1. The zero-order chi connectivity index (χ0) is 27.0. The first-order valence-electron chi connectivity index (χ1n) is 13.1. The van der Waals surface area contributed by atoms with Gasteiger partial charge in [-0.05, 0) is 58.3 Å². The first kappa shape index (κ1) is 27.2. The second kappa shape index (κ2) is 10.5. The number of carbonyl (C=O) groups is 2. The molecule has 0 aliphatic carbocycles. The van der Waals surface area contributed by atoms with E-state index in [1.165, 1.54) is 7.11 Å². The molecule has 0 saturated carbocycles. The number of carbonyl (C=O) groups excluding carboxylic acids is 2. The van der Waals surface area contributed by atoms with Gasteiger partial charge in [0.1, 0.15) is 11.9 Å². The van der Waals surface area contributed by atoms with E-state index in [2.05, 4.69) is 10.3 Å². The van der Waals surface area contributed by atoms with E-state index < -0.39 is 30.5 Å². The van der Waals surface area contributed by atoms with Crippen LogP contribution in [-0.4, -0.2) is 64.9 Å². The van der Waals surface area contributed by atoms with Crippen molar-refractivity contribution < 1.29 is 23.6 Å². The summed E-state index contributed by atoms with van der Waals surface area (Å²) in [6, 6.07) is 7.20. The van der Waals surface area contributed by atoms with Gasteiger partial charge in [-0.1, -0.05) is 38.1 Å². The molecule has 200 valence electrons. The predicted octanol–water partition coefficient (Wildman–Crippen LogP) is 3.81. The van der Waals surface area contributed by atoms with Crippen molar-refractivity contribution in [2.45, 2.75) is 84.1 Å². The summed E-state index contributed by atoms with van der Waals surface area (Å²) >= 11 is 0. The smallest absolute Gasteiger partial charge is 0.453 e. The third-order valence-corrected chi connectivity index (χ3v) is 7.82. The molecular weight excluding hydrogens is 471 g/mol. The van der Waals surface area contributed by atoms with E-state index >= 15 is 0 Å². The van der Waals surface area contributed by atoms with Crippen LogP contribution in [0.5, 0.6) is 0 Å². The average molecular weight is 510 g/mol. The molecular formula is C27H39BN4O5. The number of nitrogens with zero attached hydrogens (tertiary/aromatic N) is 2. The Morgan fingerprint density at radius 1 is 1.14 bits per heavy atom. The number of amides is 2. The summed E-state index contributed by atoms with van der Waals surface area (Å²) in [6.07, 6.45) is 4.00. The maximum atomic E-state index is 13.5. The van der Waals surface area contributed by atoms with Crippen molar-refractivity contribution in [2.24, 2.45) is 5.92 Å². The monoisotopic (exact) mass is 510 g/mol. The van der Waals surface area contributed by atoms with Crippen molar-refractivity contribution in [1.82, 2.24) is 20.2 Å². The normalized spacial score (nSPS) is 21.7. The highest BCUT2D eigenvalue weighted by Gasteiger charge is 2.51. The maximum Gasteiger partial charge on any atom is 0.494 e. The molecule has 2 N–H and O–H groups in total. The van der Waals surface area contributed by atoms with Crippen LogP contribution in [0, 0.1) is 5.92 Å². The molecule has 9 nitrogen and oxygen atoms in total. The van der Waals surface area contributed by atoms with Crippen molar-refractivity contribution in [1.29, 1.82) is 0 Å². The van der Waals surface area contributed by atoms with Gasteiger partial charge in [-0.2, -0.15) is 0 Å². The molecule has 0 bridgehead atoms. The number of imidazole rings is 1. The van der Waals surface area contributed by atoms with Gasteiger partial charge in [0, 0.05) is 18.3 Å². The van der Waals surface area contributed by atoms with E-state index in [-0.39, 0.29) is 17.9 Å². The predicted molar refractivity (Wildman–Crippen MR) is 142 cm³/mol. The van der Waals surface area contributed by atoms with Crippen LogP contribution < -0.4 is 10.8 Å². The van der Waals surface area contributed by atoms with Crippen LogP contribution in [0.15, 0.2) is 30.5 Å². The number of benzene rings is 1. The lowest BCUT2D eigenvalue weighted by Crippen LogP contribution is -2.53. The van der Waals surface area contributed by atoms with E-state index in [0.717, 1.165) is 41.8 Å². The van der Waals surface area contributed by atoms with Gasteiger partial charge in [-0.3, -0.25) is 4.79 Å². The number of nitrogens with one attached hydrogen (secondary N) is 2. The van der Waals surface area contributed by atoms with E-state index in [1.807, 2.05) is 76.9 Å². The second-order valence-electron chi connectivity index (χ2n) is 11.3. The van der Waals surface area contributed by atoms with Gasteiger partial charge in [-0.15, -0.1) is 0 Å². The lowest BCUT2D eigenvalue weighted by Gasteiger charge is -2.37. The molecule has 2 saturated heterocycles. The van der Waals surface area contributed by atoms with Crippen LogP contribution in [0.25, 0.3) is 11.3 Å². The minimum atomic E-state index is -0.662. The summed E-state index contributed by atoms with van der Waals surface area (Å²) in [5.74, 6) is 0.553. The fraction of sp³-hybridized carbons (Fsp3) is 0.593. The van der Waals surface area contributed by atoms with Crippen molar-refractivity contribution >= 4 is 24.6 Å². The van der Waals surface area contributed by atoms with Gasteiger partial charge in [-0.25, -0.2) is 9.78 Å². The number of hydrogen-bond donors (Lipinski definition) is 2. The van der Waals surface area contributed by atoms with E-state index in [0.29, 0.717) is 6.54 Å². The first-order chi connectivity index (χ1) is 17.4. The number of methoxy groups -OCH3 is 1. The Morgan fingerprint density at radius 2 is 1.78 bits per heavy atom. The fourth-order valence-electron chi connectivity index (χ4n) is 4.80. The lowest BCUT2D eigenvalue weighted by atomic mass is 9.79. The molecule has 3 heterocycles. The zero-order valence-corrected chi connectivity index (χ0v) is 23.0. The molecule has 4 rings (SSSR count). The van der Waals surface area contributed by atoms with Gasteiger partial charge in [0.05, 0.1) is 30.0 Å². The van der Waals surface area contributed by atoms with Gasteiger partial charge >= 0.3 is 13.2 Å². The van der Waals surface area contributed by atoms with Crippen LogP contribution in [0.3, 0.4) is 0 Å². The molecule has 10 heteroatoms. The van der Waals surface area contributed by atoms with Gasteiger partial charge in [0.15, 0.2) is 0 Å².